The Balaban J connectivity index is 1.53. The first-order valence-electron chi connectivity index (χ1n) is 7.93. The third kappa shape index (κ3) is 3.01. The van der Waals surface area contributed by atoms with Crippen molar-refractivity contribution >= 4 is 17.8 Å². The second-order valence-corrected chi connectivity index (χ2v) is 6.24. The van der Waals surface area contributed by atoms with Crippen molar-refractivity contribution in [2.24, 2.45) is 11.3 Å². The van der Waals surface area contributed by atoms with Gasteiger partial charge in [-0.2, -0.15) is 0 Å². The summed E-state index contributed by atoms with van der Waals surface area (Å²) in [6.07, 6.45) is 1.95. The maximum absolute atomic E-state index is 12.3. The maximum Gasteiger partial charge on any atom is 0.311 e. The maximum atomic E-state index is 12.3. The Kier molecular flexibility index (Phi) is 4.57. The van der Waals surface area contributed by atoms with E-state index < -0.39 is 11.4 Å². The van der Waals surface area contributed by atoms with E-state index in [9.17, 15) is 19.5 Å². The highest BCUT2D eigenvalue weighted by Crippen LogP contribution is 2.42. The number of furan rings is 1. The molecule has 1 aromatic rings. The molecule has 0 radical (unpaired) electrons. The van der Waals surface area contributed by atoms with E-state index in [-0.39, 0.29) is 43.0 Å². The van der Waals surface area contributed by atoms with E-state index in [0.717, 1.165) is 0 Å². The summed E-state index contributed by atoms with van der Waals surface area (Å²) in [4.78, 5) is 37.3. The Morgan fingerprint density at radius 2 is 2.25 bits per heavy atom. The van der Waals surface area contributed by atoms with Gasteiger partial charge in [0.25, 0.3) is 5.91 Å². The average molecular weight is 336 g/mol. The molecule has 130 valence electrons. The van der Waals surface area contributed by atoms with Gasteiger partial charge in [-0.05, 0) is 18.6 Å². The molecule has 0 saturated carbocycles. The molecular formula is C16H20N2O6. The highest BCUT2D eigenvalue weighted by atomic mass is 16.5. The Labute approximate surface area is 138 Å². The zero-order valence-corrected chi connectivity index (χ0v) is 13.2. The third-order valence-corrected chi connectivity index (χ3v) is 4.85. The molecule has 2 aliphatic heterocycles. The van der Waals surface area contributed by atoms with Gasteiger partial charge in [-0.3, -0.25) is 14.4 Å². The molecule has 0 unspecified atom stereocenters. The largest absolute Gasteiger partial charge is 0.481 e. The zero-order chi connectivity index (χ0) is 17.2. The fourth-order valence-electron chi connectivity index (χ4n) is 3.43. The number of fused-ring (bicyclic) bond motifs is 1. The van der Waals surface area contributed by atoms with Crippen LogP contribution in [0.2, 0.25) is 0 Å². The smallest absolute Gasteiger partial charge is 0.311 e. The molecule has 8 nitrogen and oxygen atoms in total. The number of hydrogen-bond acceptors (Lipinski definition) is 5. The fourth-order valence-corrected chi connectivity index (χ4v) is 3.43. The zero-order valence-electron chi connectivity index (χ0n) is 13.2. The van der Waals surface area contributed by atoms with Gasteiger partial charge < -0.3 is 24.5 Å². The first kappa shape index (κ1) is 16.5. The third-order valence-electron chi connectivity index (χ3n) is 4.85. The quantitative estimate of drug-likeness (QED) is 0.803. The van der Waals surface area contributed by atoms with Gasteiger partial charge in [-0.15, -0.1) is 0 Å². The van der Waals surface area contributed by atoms with Gasteiger partial charge in [0.15, 0.2) is 5.76 Å². The van der Waals surface area contributed by atoms with Crippen LogP contribution in [0.1, 0.15) is 23.4 Å². The minimum Gasteiger partial charge on any atom is -0.481 e. The SMILES string of the molecule is O=C(NCCC(=O)N1C[C@H]2COCC[C@@]2(C(=O)O)C1)c1ccco1. The standard InChI is InChI=1S/C16H20N2O6/c19-13(3-5-17-14(20)12-2-1-6-24-12)18-8-11-9-23-7-4-16(11,10-18)15(21)22/h1-2,6,11H,3-5,7-10H2,(H,17,20)(H,21,22)/t11-,16+/m0/s1. The van der Waals surface area contributed by atoms with Gasteiger partial charge in [0.2, 0.25) is 5.91 Å². The van der Waals surface area contributed by atoms with Crippen LogP contribution in [0, 0.1) is 11.3 Å². The number of carbonyl (C=O) groups is 3. The monoisotopic (exact) mass is 336 g/mol. The molecule has 24 heavy (non-hydrogen) atoms. The molecule has 2 saturated heterocycles. The van der Waals surface area contributed by atoms with Crippen molar-refractivity contribution < 1.29 is 28.6 Å². The van der Waals surface area contributed by atoms with Gasteiger partial charge >= 0.3 is 5.97 Å². The molecule has 0 aromatic carbocycles. The Hall–Kier alpha value is -2.35. The van der Waals surface area contributed by atoms with E-state index in [4.69, 9.17) is 9.15 Å². The molecule has 2 aliphatic rings. The molecule has 3 heterocycles. The van der Waals surface area contributed by atoms with Gasteiger partial charge in [0.1, 0.15) is 0 Å². The highest BCUT2D eigenvalue weighted by Gasteiger charge is 2.54. The van der Waals surface area contributed by atoms with Crippen LogP contribution in [0.5, 0.6) is 0 Å². The van der Waals surface area contributed by atoms with Gasteiger partial charge in [0, 0.05) is 38.6 Å². The molecular weight excluding hydrogens is 316 g/mol. The van der Waals surface area contributed by atoms with E-state index >= 15 is 0 Å². The van der Waals surface area contributed by atoms with E-state index in [1.165, 1.54) is 6.26 Å². The number of aliphatic carboxylic acids is 1. The van der Waals surface area contributed by atoms with Crippen molar-refractivity contribution in [2.75, 3.05) is 32.8 Å². The topological polar surface area (TPSA) is 109 Å². The molecule has 2 fully saturated rings. The highest BCUT2D eigenvalue weighted by molar-refractivity contribution is 5.91. The lowest BCUT2D eigenvalue weighted by atomic mass is 9.74. The first-order chi connectivity index (χ1) is 11.5. The van der Waals surface area contributed by atoms with Gasteiger partial charge in [-0.25, -0.2) is 0 Å². The molecule has 2 N–H and O–H groups in total. The van der Waals surface area contributed by atoms with Crippen molar-refractivity contribution in [1.29, 1.82) is 0 Å². The molecule has 0 aliphatic carbocycles. The van der Waals surface area contributed by atoms with Crippen molar-refractivity contribution in [3.8, 4) is 0 Å². The average Bonchev–Trinajstić information content (AvgIpc) is 3.22. The number of nitrogens with one attached hydrogen (secondary N) is 1. The summed E-state index contributed by atoms with van der Waals surface area (Å²) in [6.45, 7) is 1.55. The van der Waals surface area contributed by atoms with Crippen molar-refractivity contribution in [1.82, 2.24) is 10.2 Å². The number of carboxylic acid groups (broad SMARTS) is 1. The predicted octanol–water partition coefficient (Wildman–Crippen LogP) is 0.349. The molecule has 8 heteroatoms. The van der Waals surface area contributed by atoms with Crippen LogP contribution in [0.15, 0.2) is 22.8 Å². The Morgan fingerprint density at radius 1 is 1.42 bits per heavy atom. The van der Waals surface area contributed by atoms with Crippen molar-refractivity contribution in [2.45, 2.75) is 12.8 Å². The molecule has 1 aromatic heterocycles. The number of nitrogens with zero attached hydrogens (tertiary/aromatic N) is 1. The number of rotatable bonds is 5. The lowest BCUT2D eigenvalue weighted by Gasteiger charge is -2.33. The predicted molar refractivity (Wildman–Crippen MR) is 81.2 cm³/mol. The summed E-state index contributed by atoms with van der Waals surface area (Å²) in [5.41, 5.74) is -0.897. The van der Waals surface area contributed by atoms with Crippen LogP contribution >= 0.6 is 0 Å². The van der Waals surface area contributed by atoms with Crippen molar-refractivity contribution in [3.63, 3.8) is 0 Å². The number of amides is 2. The summed E-state index contributed by atoms with van der Waals surface area (Å²) >= 11 is 0. The van der Waals surface area contributed by atoms with E-state index in [0.29, 0.717) is 26.2 Å². The van der Waals surface area contributed by atoms with Crippen LogP contribution in [-0.4, -0.2) is 60.6 Å². The fraction of sp³-hybridized carbons (Fsp3) is 0.562. The summed E-state index contributed by atoms with van der Waals surface area (Å²) in [5, 5.41) is 12.2. The summed E-state index contributed by atoms with van der Waals surface area (Å²) in [5.74, 6) is -1.39. The molecule has 2 amide bonds. The van der Waals surface area contributed by atoms with Crippen LogP contribution in [0.25, 0.3) is 0 Å². The second kappa shape index (κ2) is 6.64. The van der Waals surface area contributed by atoms with Crippen LogP contribution in [0.3, 0.4) is 0 Å². The minimum atomic E-state index is -0.897. The van der Waals surface area contributed by atoms with Gasteiger partial charge in [-0.1, -0.05) is 0 Å². The molecule has 0 spiro atoms. The second-order valence-electron chi connectivity index (χ2n) is 6.24. The first-order valence-corrected chi connectivity index (χ1v) is 7.93. The molecule has 0 bridgehead atoms. The van der Waals surface area contributed by atoms with Crippen LogP contribution in [-0.2, 0) is 14.3 Å². The van der Waals surface area contributed by atoms with Crippen LogP contribution in [0.4, 0.5) is 0 Å². The van der Waals surface area contributed by atoms with E-state index in [2.05, 4.69) is 5.32 Å². The van der Waals surface area contributed by atoms with Crippen molar-refractivity contribution in [3.05, 3.63) is 24.2 Å². The number of hydrogen-bond donors (Lipinski definition) is 2. The Morgan fingerprint density at radius 3 is 2.92 bits per heavy atom. The normalized spacial score (nSPS) is 26.0. The van der Waals surface area contributed by atoms with E-state index in [1.54, 1.807) is 17.0 Å². The minimum absolute atomic E-state index is 0.121. The van der Waals surface area contributed by atoms with Gasteiger partial charge in [0.05, 0.1) is 18.3 Å². The number of likely N-dealkylation sites (tertiary alicyclic amines) is 1. The van der Waals surface area contributed by atoms with E-state index in [1.807, 2.05) is 0 Å². The lowest BCUT2D eigenvalue weighted by molar-refractivity contribution is -0.157. The summed E-state index contributed by atoms with van der Waals surface area (Å²) in [6, 6.07) is 3.15. The number of ether oxygens (including phenoxy) is 1. The number of carbonyl (C=O) groups excluding carboxylic acids is 2. The Bertz CT molecular complexity index is 629. The molecule has 3 rings (SSSR count). The number of carboxylic acids is 1. The van der Waals surface area contributed by atoms with Crippen LogP contribution < -0.4 is 5.32 Å². The lowest BCUT2D eigenvalue weighted by Crippen LogP contribution is -2.45. The summed E-state index contributed by atoms with van der Waals surface area (Å²) in [7, 11) is 0. The summed E-state index contributed by atoms with van der Waals surface area (Å²) < 4.78 is 10.3. The molecule has 2 atom stereocenters.